The maximum atomic E-state index is 5.75. The Balaban J connectivity index is 2.66. The Labute approximate surface area is 82.4 Å². The van der Waals surface area contributed by atoms with E-state index in [2.05, 4.69) is 10.3 Å². The third-order valence-electron chi connectivity index (χ3n) is 2.25. The van der Waals surface area contributed by atoms with Crippen LogP contribution in [0.4, 0.5) is 5.82 Å². The Hall–Kier alpha value is -1.84. The van der Waals surface area contributed by atoms with E-state index >= 15 is 0 Å². The minimum absolute atomic E-state index is 0.474. The first-order valence-electron chi connectivity index (χ1n) is 4.41. The fraction of sp³-hybridized carbons (Fsp3) is 0.200. The molecule has 72 valence electrons. The van der Waals surface area contributed by atoms with Gasteiger partial charge in [0.1, 0.15) is 5.69 Å². The molecule has 4 heteroatoms. The van der Waals surface area contributed by atoms with Crippen LogP contribution in [0.3, 0.4) is 0 Å². The molecule has 14 heavy (non-hydrogen) atoms. The average Bonchev–Trinajstić information content (AvgIpc) is 2.48. The van der Waals surface area contributed by atoms with Crippen molar-refractivity contribution in [1.82, 2.24) is 15.0 Å². The Kier molecular flexibility index (Phi) is 1.96. The van der Waals surface area contributed by atoms with Crippen LogP contribution in [-0.2, 0) is 7.05 Å². The molecule has 1 aromatic carbocycles. The second-order valence-corrected chi connectivity index (χ2v) is 3.26. The van der Waals surface area contributed by atoms with E-state index < -0.39 is 0 Å². The first-order valence-corrected chi connectivity index (χ1v) is 4.41. The van der Waals surface area contributed by atoms with E-state index in [1.807, 2.05) is 38.2 Å². The molecule has 1 heterocycles. The number of hydrogen-bond acceptors (Lipinski definition) is 3. The van der Waals surface area contributed by atoms with Crippen molar-refractivity contribution in [2.45, 2.75) is 6.92 Å². The summed E-state index contributed by atoms with van der Waals surface area (Å²) in [6.45, 7) is 2.04. The Morgan fingerprint density at radius 3 is 2.57 bits per heavy atom. The van der Waals surface area contributed by atoms with Gasteiger partial charge in [-0.25, -0.2) is 4.68 Å². The molecule has 0 saturated heterocycles. The molecule has 1 aromatic heterocycles. The number of aryl methyl sites for hydroxylation is 2. The molecule has 2 N–H and O–H groups in total. The van der Waals surface area contributed by atoms with Crippen molar-refractivity contribution < 1.29 is 0 Å². The van der Waals surface area contributed by atoms with Gasteiger partial charge in [0.2, 0.25) is 0 Å². The largest absolute Gasteiger partial charge is 0.380 e. The van der Waals surface area contributed by atoms with Crippen LogP contribution in [0.5, 0.6) is 0 Å². The number of nitrogens with zero attached hydrogens (tertiary/aromatic N) is 3. The molecular weight excluding hydrogens is 176 g/mol. The van der Waals surface area contributed by atoms with Gasteiger partial charge in [-0.2, -0.15) is 0 Å². The van der Waals surface area contributed by atoms with Crippen LogP contribution in [0, 0.1) is 6.92 Å². The van der Waals surface area contributed by atoms with Crippen LogP contribution in [0.2, 0.25) is 0 Å². The van der Waals surface area contributed by atoms with Crippen LogP contribution in [-0.4, -0.2) is 15.0 Å². The van der Waals surface area contributed by atoms with Crippen LogP contribution in [0.25, 0.3) is 11.3 Å². The van der Waals surface area contributed by atoms with E-state index in [9.17, 15) is 0 Å². The zero-order valence-corrected chi connectivity index (χ0v) is 8.23. The standard InChI is InChI=1S/C10H12N4/c1-7-5-3-4-6-8(7)9-10(11)12-13-14(9)2/h3-6H,11H2,1-2H3. The van der Waals surface area contributed by atoms with Gasteiger partial charge in [0.15, 0.2) is 5.82 Å². The van der Waals surface area contributed by atoms with Crippen LogP contribution in [0.1, 0.15) is 5.56 Å². The molecule has 2 rings (SSSR count). The third-order valence-corrected chi connectivity index (χ3v) is 2.25. The maximum Gasteiger partial charge on any atom is 0.174 e. The minimum atomic E-state index is 0.474. The van der Waals surface area contributed by atoms with Gasteiger partial charge in [-0.15, -0.1) is 5.10 Å². The summed E-state index contributed by atoms with van der Waals surface area (Å²) < 4.78 is 1.69. The molecule has 0 unspecified atom stereocenters. The molecule has 0 amide bonds. The zero-order valence-electron chi connectivity index (χ0n) is 8.23. The first-order chi connectivity index (χ1) is 6.70. The van der Waals surface area contributed by atoms with E-state index in [1.165, 1.54) is 5.56 Å². The van der Waals surface area contributed by atoms with E-state index in [0.29, 0.717) is 5.82 Å². The van der Waals surface area contributed by atoms with E-state index in [0.717, 1.165) is 11.3 Å². The zero-order chi connectivity index (χ0) is 10.1. The first kappa shape index (κ1) is 8.74. The molecule has 2 aromatic rings. The van der Waals surface area contributed by atoms with Crippen molar-refractivity contribution in [2.75, 3.05) is 5.73 Å². The van der Waals surface area contributed by atoms with Crippen LogP contribution in [0.15, 0.2) is 24.3 Å². The van der Waals surface area contributed by atoms with Gasteiger partial charge in [-0.05, 0) is 12.5 Å². The molecular formula is C10H12N4. The molecule has 0 radical (unpaired) electrons. The topological polar surface area (TPSA) is 56.7 Å². The van der Waals surface area contributed by atoms with Crippen LogP contribution < -0.4 is 5.73 Å². The molecule has 0 spiro atoms. The van der Waals surface area contributed by atoms with Crippen molar-refractivity contribution in [2.24, 2.45) is 7.05 Å². The molecule has 0 aliphatic heterocycles. The Morgan fingerprint density at radius 1 is 1.29 bits per heavy atom. The minimum Gasteiger partial charge on any atom is -0.380 e. The summed E-state index contributed by atoms with van der Waals surface area (Å²) in [7, 11) is 1.84. The summed E-state index contributed by atoms with van der Waals surface area (Å²) in [5.74, 6) is 0.474. The smallest absolute Gasteiger partial charge is 0.174 e. The van der Waals surface area contributed by atoms with Gasteiger partial charge < -0.3 is 5.73 Å². The fourth-order valence-corrected chi connectivity index (χ4v) is 1.52. The van der Waals surface area contributed by atoms with Crippen molar-refractivity contribution in [1.29, 1.82) is 0 Å². The SMILES string of the molecule is Cc1ccccc1-c1c(N)nnn1C. The number of nitrogens with two attached hydrogens (primary N) is 1. The number of nitrogen functional groups attached to an aromatic ring is 1. The molecule has 4 nitrogen and oxygen atoms in total. The fourth-order valence-electron chi connectivity index (χ4n) is 1.52. The summed E-state index contributed by atoms with van der Waals surface area (Å²) in [5.41, 5.74) is 8.88. The third kappa shape index (κ3) is 1.25. The highest BCUT2D eigenvalue weighted by molar-refractivity contribution is 5.72. The van der Waals surface area contributed by atoms with E-state index in [-0.39, 0.29) is 0 Å². The van der Waals surface area contributed by atoms with Crippen molar-refractivity contribution in [3.05, 3.63) is 29.8 Å². The highest BCUT2D eigenvalue weighted by Crippen LogP contribution is 2.25. The number of benzene rings is 1. The number of aromatic nitrogens is 3. The summed E-state index contributed by atoms with van der Waals surface area (Å²) >= 11 is 0. The lowest BCUT2D eigenvalue weighted by Crippen LogP contribution is -1.97. The maximum absolute atomic E-state index is 5.75. The highest BCUT2D eigenvalue weighted by Gasteiger charge is 2.10. The van der Waals surface area contributed by atoms with Gasteiger partial charge in [0.25, 0.3) is 0 Å². The quantitative estimate of drug-likeness (QED) is 0.735. The monoisotopic (exact) mass is 188 g/mol. The van der Waals surface area contributed by atoms with Gasteiger partial charge in [-0.1, -0.05) is 29.5 Å². The summed E-state index contributed by atoms with van der Waals surface area (Å²) in [6, 6.07) is 8.04. The van der Waals surface area contributed by atoms with Crippen molar-refractivity contribution in [3.8, 4) is 11.3 Å². The number of anilines is 1. The average molecular weight is 188 g/mol. The van der Waals surface area contributed by atoms with E-state index in [1.54, 1.807) is 4.68 Å². The van der Waals surface area contributed by atoms with Crippen molar-refractivity contribution >= 4 is 5.82 Å². The second-order valence-electron chi connectivity index (χ2n) is 3.26. The Bertz CT molecular complexity index is 439. The number of hydrogen-bond donors (Lipinski definition) is 1. The lowest BCUT2D eigenvalue weighted by atomic mass is 10.1. The normalized spacial score (nSPS) is 10.4. The molecule has 0 fully saturated rings. The number of rotatable bonds is 1. The lowest BCUT2D eigenvalue weighted by molar-refractivity contribution is 0.721. The summed E-state index contributed by atoms with van der Waals surface area (Å²) in [5, 5.41) is 7.70. The lowest BCUT2D eigenvalue weighted by Gasteiger charge is -2.05. The summed E-state index contributed by atoms with van der Waals surface area (Å²) in [4.78, 5) is 0. The van der Waals surface area contributed by atoms with E-state index in [4.69, 9.17) is 5.73 Å². The molecule has 0 aliphatic rings. The van der Waals surface area contributed by atoms with Gasteiger partial charge in [0, 0.05) is 12.6 Å². The molecule has 0 aliphatic carbocycles. The predicted octanol–water partition coefficient (Wildman–Crippen LogP) is 1.37. The molecule has 0 atom stereocenters. The van der Waals surface area contributed by atoms with Gasteiger partial charge in [0.05, 0.1) is 0 Å². The van der Waals surface area contributed by atoms with Gasteiger partial charge >= 0.3 is 0 Å². The van der Waals surface area contributed by atoms with Crippen LogP contribution >= 0.6 is 0 Å². The van der Waals surface area contributed by atoms with Gasteiger partial charge in [-0.3, -0.25) is 0 Å². The molecule has 0 saturated carbocycles. The Morgan fingerprint density at radius 2 is 2.00 bits per heavy atom. The predicted molar refractivity (Wildman–Crippen MR) is 55.6 cm³/mol. The second kappa shape index (κ2) is 3.14. The highest BCUT2D eigenvalue weighted by atomic mass is 15.4. The molecule has 0 bridgehead atoms. The summed E-state index contributed by atoms with van der Waals surface area (Å²) in [6.07, 6.45) is 0. The van der Waals surface area contributed by atoms with Crippen molar-refractivity contribution in [3.63, 3.8) is 0 Å².